The van der Waals surface area contributed by atoms with Gasteiger partial charge in [-0.3, -0.25) is 0 Å². The maximum Gasteiger partial charge on any atom is 0.167 e. The highest BCUT2D eigenvalue weighted by molar-refractivity contribution is 7.99. The zero-order chi connectivity index (χ0) is 14.1. The molecule has 104 valence electrons. The van der Waals surface area contributed by atoms with Gasteiger partial charge in [-0.2, -0.15) is 0 Å². The first-order valence-corrected chi connectivity index (χ1v) is 7.31. The van der Waals surface area contributed by atoms with E-state index in [2.05, 4.69) is 11.2 Å². The summed E-state index contributed by atoms with van der Waals surface area (Å²) in [5.41, 5.74) is 6.83. The fourth-order valence-electron chi connectivity index (χ4n) is 1.43. The van der Waals surface area contributed by atoms with E-state index in [1.165, 1.54) is 6.07 Å². The van der Waals surface area contributed by atoms with Crippen LogP contribution in [0.25, 0.3) is 0 Å². The van der Waals surface area contributed by atoms with E-state index in [1.807, 2.05) is 6.92 Å². The van der Waals surface area contributed by atoms with Crippen LogP contribution < -0.4 is 15.8 Å². The predicted molar refractivity (Wildman–Crippen MR) is 81.2 cm³/mol. The number of rotatable bonds is 8. The number of ether oxygens (including phenoxy) is 1. The monoisotopic (exact) mass is 282 g/mol. The van der Waals surface area contributed by atoms with Gasteiger partial charge in [0.25, 0.3) is 0 Å². The molecule has 1 rings (SSSR count). The van der Waals surface area contributed by atoms with Crippen molar-refractivity contribution in [1.82, 2.24) is 0 Å². The third kappa shape index (κ3) is 5.31. The van der Waals surface area contributed by atoms with E-state index >= 15 is 0 Å². The standard InChI is InChI=1S/C14H19FN2OS/c1-3-6-18-14-10-13(12(16)9-11(14)15)17-5-8-19-7-4-2/h2,9-10,17H,3,5-8,16H2,1H3. The molecule has 0 unspecified atom stereocenters. The van der Waals surface area contributed by atoms with Crippen molar-refractivity contribution in [3.05, 3.63) is 17.9 Å². The number of benzene rings is 1. The molecule has 0 atom stereocenters. The zero-order valence-corrected chi connectivity index (χ0v) is 11.9. The highest BCUT2D eigenvalue weighted by Gasteiger charge is 2.08. The maximum atomic E-state index is 13.6. The number of hydrogen-bond donors (Lipinski definition) is 2. The molecule has 0 bridgehead atoms. The molecule has 0 radical (unpaired) electrons. The molecule has 0 amide bonds. The van der Waals surface area contributed by atoms with E-state index in [9.17, 15) is 4.39 Å². The SMILES string of the molecule is C#CCSCCNc1cc(OCCC)c(F)cc1N. The Morgan fingerprint density at radius 2 is 2.32 bits per heavy atom. The fourth-order valence-corrected chi connectivity index (χ4v) is 1.94. The van der Waals surface area contributed by atoms with Gasteiger partial charge in [0.05, 0.1) is 23.7 Å². The van der Waals surface area contributed by atoms with Gasteiger partial charge >= 0.3 is 0 Å². The quantitative estimate of drug-likeness (QED) is 0.437. The minimum atomic E-state index is -0.432. The van der Waals surface area contributed by atoms with E-state index in [4.69, 9.17) is 16.9 Å². The van der Waals surface area contributed by atoms with E-state index in [-0.39, 0.29) is 5.75 Å². The summed E-state index contributed by atoms with van der Waals surface area (Å²) in [6.45, 7) is 3.17. The largest absolute Gasteiger partial charge is 0.490 e. The lowest BCUT2D eigenvalue weighted by Crippen LogP contribution is -2.08. The molecule has 0 aromatic heterocycles. The normalized spacial score (nSPS) is 9.95. The summed E-state index contributed by atoms with van der Waals surface area (Å²) in [7, 11) is 0. The Bertz CT molecular complexity index is 446. The molecule has 0 saturated heterocycles. The second-order valence-electron chi connectivity index (χ2n) is 3.90. The lowest BCUT2D eigenvalue weighted by atomic mass is 10.2. The Hall–Kier alpha value is -1.54. The molecule has 0 aliphatic rings. The molecular formula is C14H19FN2OS. The molecular weight excluding hydrogens is 263 g/mol. The Morgan fingerprint density at radius 1 is 1.53 bits per heavy atom. The van der Waals surface area contributed by atoms with Crippen molar-refractivity contribution in [3.8, 4) is 18.1 Å². The van der Waals surface area contributed by atoms with Crippen LogP contribution in [0.4, 0.5) is 15.8 Å². The summed E-state index contributed by atoms with van der Waals surface area (Å²) in [5.74, 6) is 3.91. The minimum Gasteiger partial charge on any atom is -0.490 e. The Labute approximate surface area is 118 Å². The van der Waals surface area contributed by atoms with Gasteiger partial charge in [-0.05, 0) is 6.42 Å². The van der Waals surface area contributed by atoms with Crippen LogP contribution in [-0.2, 0) is 0 Å². The van der Waals surface area contributed by atoms with Crippen LogP contribution in [0.15, 0.2) is 12.1 Å². The molecule has 3 nitrogen and oxygen atoms in total. The van der Waals surface area contributed by atoms with Crippen molar-refractivity contribution in [2.75, 3.05) is 35.7 Å². The van der Waals surface area contributed by atoms with Crippen molar-refractivity contribution in [2.45, 2.75) is 13.3 Å². The molecule has 0 saturated carbocycles. The number of terminal acetylenes is 1. The highest BCUT2D eigenvalue weighted by Crippen LogP contribution is 2.28. The van der Waals surface area contributed by atoms with E-state index in [0.717, 1.165) is 18.7 Å². The Balaban J connectivity index is 2.59. The number of nitrogen functional groups attached to an aromatic ring is 1. The van der Waals surface area contributed by atoms with E-state index in [0.29, 0.717) is 23.7 Å². The van der Waals surface area contributed by atoms with Gasteiger partial charge in [-0.1, -0.05) is 12.8 Å². The highest BCUT2D eigenvalue weighted by atomic mass is 32.2. The Kier molecular flexibility index (Phi) is 6.98. The van der Waals surface area contributed by atoms with Gasteiger partial charge in [0.2, 0.25) is 0 Å². The number of thioether (sulfide) groups is 1. The van der Waals surface area contributed by atoms with Crippen LogP contribution in [0.1, 0.15) is 13.3 Å². The maximum absolute atomic E-state index is 13.6. The van der Waals surface area contributed by atoms with Crippen LogP contribution in [0.5, 0.6) is 5.75 Å². The average Bonchev–Trinajstić information content (AvgIpc) is 2.39. The first-order chi connectivity index (χ1) is 9.19. The van der Waals surface area contributed by atoms with Crippen LogP contribution >= 0.6 is 11.8 Å². The molecule has 0 heterocycles. The van der Waals surface area contributed by atoms with Gasteiger partial charge in [0.1, 0.15) is 0 Å². The lowest BCUT2D eigenvalue weighted by Gasteiger charge is -2.12. The third-order valence-electron chi connectivity index (χ3n) is 2.31. The molecule has 19 heavy (non-hydrogen) atoms. The lowest BCUT2D eigenvalue weighted by molar-refractivity contribution is 0.301. The summed E-state index contributed by atoms with van der Waals surface area (Å²) in [6.07, 6.45) is 5.99. The summed E-state index contributed by atoms with van der Waals surface area (Å²) in [4.78, 5) is 0. The van der Waals surface area contributed by atoms with Gasteiger partial charge in [0.15, 0.2) is 11.6 Å². The summed E-state index contributed by atoms with van der Waals surface area (Å²) in [6, 6.07) is 2.88. The van der Waals surface area contributed by atoms with Crippen molar-refractivity contribution >= 4 is 23.1 Å². The molecule has 0 fully saturated rings. The van der Waals surface area contributed by atoms with Crippen molar-refractivity contribution in [1.29, 1.82) is 0 Å². The molecule has 0 spiro atoms. The van der Waals surface area contributed by atoms with Gasteiger partial charge in [-0.25, -0.2) is 4.39 Å². The Morgan fingerprint density at radius 3 is 3.00 bits per heavy atom. The van der Waals surface area contributed by atoms with Gasteiger partial charge in [-0.15, -0.1) is 18.2 Å². The summed E-state index contributed by atoms with van der Waals surface area (Å²) >= 11 is 1.65. The fraction of sp³-hybridized carbons (Fsp3) is 0.429. The van der Waals surface area contributed by atoms with Gasteiger partial charge in [0, 0.05) is 24.4 Å². The first kappa shape index (κ1) is 15.5. The average molecular weight is 282 g/mol. The van der Waals surface area contributed by atoms with Gasteiger partial charge < -0.3 is 15.8 Å². The number of anilines is 2. The van der Waals surface area contributed by atoms with E-state index in [1.54, 1.807) is 17.8 Å². The molecule has 0 aliphatic carbocycles. The molecule has 1 aromatic rings. The molecule has 1 aromatic carbocycles. The summed E-state index contributed by atoms with van der Waals surface area (Å²) in [5, 5.41) is 3.15. The molecule has 0 aliphatic heterocycles. The van der Waals surface area contributed by atoms with Crippen molar-refractivity contribution < 1.29 is 9.13 Å². The number of nitrogens with two attached hydrogens (primary N) is 1. The number of nitrogens with one attached hydrogen (secondary N) is 1. The third-order valence-corrected chi connectivity index (χ3v) is 3.18. The summed E-state index contributed by atoms with van der Waals surface area (Å²) < 4.78 is 18.9. The predicted octanol–water partition coefficient (Wildman–Crippen LogP) is 2.98. The first-order valence-electron chi connectivity index (χ1n) is 6.16. The molecule has 3 N–H and O–H groups in total. The smallest absolute Gasteiger partial charge is 0.167 e. The van der Waals surface area contributed by atoms with Crippen LogP contribution in [0.3, 0.4) is 0 Å². The number of hydrogen-bond acceptors (Lipinski definition) is 4. The van der Waals surface area contributed by atoms with E-state index < -0.39 is 5.82 Å². The van der Waals surface area contributed by atoms with Crippen LogP contribution in [-0.4, -0.2) is 24.7 Å². The van der Waals surface area contributed by atoms with Crippen LogP contribution in [0.2, 0.25) is 0 Å². The second-order valence-corrected chi connectivity index (χ2v) is 5.01. The minimum absolute atomic E-state index is 0.231. The van der Waals surface area contributed by atoms with Crippen molar-refractivity contribution in [3.63, 3.8) is 0 Å². The number of halogens is 1. The second kappa shape index (κ2) is 8.54. The van der Waals surface area contributed by atoms with Crippen LogP contribution in [0, 0.1) is 18.2 Å². The zero-order valence-electron chi connectivity index (χ0n) is 11.0. The van der Waals surface area contributed by atoms with Crippen molar-refractivity contribution in [2.24, 2.45) is 0 Å². The topological polar surface area (TPSA) is 47.3 Å². The molecule has 5 heteroatoms.